The smallest absolute Gasteiger partial charge is 0.236 e. The maximum atomic E-state index is 14.2. The summed E-state index contributed by atoms with van der Waals surface area (Å²) in [7, 11) is 3.14. The van der Waals surface area contributed by atoms with Gasteiger partial charge in [0, 0.05) is 23.1 Å². The highest BCUT2D eigenvalue weighted by Gasteiger charge is 2.51. The summed E-state index contributed by atoms with van der Waals surface area (Å²) >= 11 is 1.34. The highest BCUT2D eigenvalue weighted by molar-refractivity contribution is 7.15. The monoisotopic (exact) mass is 412 g/mol. The number of halogens is 1. The lowest BCUT2D eigenvalue weighted by Gasteiger charge is -2.15. The van der Waals surface area contributed by atoms with Crippen molar-refractivity contribution in [2.75, 3.05) is 19.5 Å². The van der Waals surface area contributed by atoms with Gasteiger partial charge in [-0.05, 0) is 42.7 Å². The minimum atomic E-state index is -0.507. The number of hydrogen-bond donors (Lipinski definition) is 1. The second-order valence-electron chi connectivity index (χ2n) is 6.99. The number of hydrogen-bond acceptors (Lipinski definition) is 5. The SMILES string of the molecule is COc1ccc(C2(C(=O)Nc3ncc(Cc4c(F)cccc4OC)s3)CC2)cc1. The zero-order valence-corrected chi connectivity index (χ0v) is 17.0. The van der Waals surface area contributed by atoms with Crippen LogP contribution < -0.4 is 14.8 Å². The van der Waals surface area contributed by atoms with E-state index in [2.05, 4.69) is 10.3 Å². The van der Waals surface area contributed by atoms with Gasteiger partial charge in [-0.15, -0.1) is 11.3 Å². The van der Waals surface area contributed by atoms with E-state index in [1.165, 1.54) is 24.5 Å². The van der Waals surface area contributed by atoms with Crippen molar-refractivity contribution in [3.05, 3.63) is 70.5 Å². The van der Waals surface area contributed by atoms with Gasteiger partial charge in [0.15, 0.2) is 5.13 Å². The van der Waals surface area contributed by atoms with Gasteiger partial charge < -0.3 is 14.8 Å². The maximum Gasteiger partial charge on any atom is 0.236 e. The molecular weight excluding hydrogens is 391 g/mol. The molecule has 2 aromatic carbocycles. The van der Waals surface area contributed by atoms with Crippen LogP contribution in [-0.4, -0.2) is 25.1 Å². The van der Waals surface area contributed by atoms with E-state index in [-0.39, 0.29) is 11.7 Å². The van der Waals surface area contributed by atoms with Crippen LogP contribution in [0.25, 0.3) is 0 Å². The van der Waals surface area contributed by atoms with Gasteiger partial charge in [0.2, 0.25) is 5.91 Å². The van der Waals surface area contributed by atoms with Crippen LogP contribution in [-0.2, 0) is 16.6 Å². The number of amides is 1. The minimum absolute atomic E-state index is 0.0629. The highest BCUT2D eigenvalue weighted by atomic mass is 32.1. The molecule has 0 spiro atoms. The second-order valence-corrected chi connectivity index (χ2v) is 8.11. The van der Waals surface area contributed by atoms with Crippen molar-refractivity contribution in [2.45, 2.75) is 24.7 Å². The van der Waals surface area contributed by atoms with Gasteiger partial charge in [-0.25, -0.2) is 9.37 Å². The van der Waals surface area contributed by atoms with E-state index in [1.807, 2.05) is 24.3 Å². The fourth-order valence-electron chi connectivity index (χ4n) is 3.42. The van der Waals surface area contributed by atoms with Gasteiger partial charge >= 0.3 is 0 Å². The first-order valence-corrected chi connectivity index (χ1v) is 10.1. The number of methoxy groups -OCH3 is 2. The number of ether oxygens (including phenoxy) is 2. The Morgan fingerprint density at radius 3 is 2.59 bits per heavy atom. The fraction of sp³-hybridized carbons (Fsp3) is 0.273. The van der Waals surface area contributed by atoms with Gasteiger partial charge in [-0.1, -0.05) is 18.2 Å². The molecule has 3 aromatic rings. The molecule has 1 heterocycles. The lowest BCUT2D eigenvalue weighted by molar-refractivity contribution is -0.118. The van der Waals surface area contributed by atoms with Crippen molar-refractivity contribution in [3.63, 3.8) is 0 Å². The first-order chi connectivity index (χ1) is 14.1. The van der Waals surface area contributed by atoms with E-state index in [9.17, 15) is 9.18 Å². The van der Waals surface area contributed by atoms with Gasteiger partial charge in [0.1, 0.15) is 17.3 Å². The summed E-state index contributed by atoms with van der Waals surface area (Å²) in [6, 6.07) is 12.4. The number of carbonyl (C=O) groups excluding carboxylic acids is 1. The van der Waals surface area contributed by atoms with Crippen LogP contribution in [0.3, 0.4) is 0 Å². The van der Waals surface area contributed by atoms with Gasteiger partial charge in [-0.2, -0.15) is 0 Å². The quantitative estimate of drug-likeness (QED) is 0.618. The first-order valence-electron chi connectivity index (χ1n) is 9.28. The molecule has 5 nitrogen and oxygen atoms in total. The Labute approximate surface area is 172 Å². The number of benzene rings is 2. The van der Waals surface area contributed by atoms with E-state index in [4.69, 9.17) is 9.47 Å². The van der Waals surface area contributed by atoms with E-state index < -0.39 is 5.41 Å². The Balaban J connectivity index is 1.47. The predicted octanol–water partition coefficient (Wildman–Crippen LogP) is 4.56. The lowest BCUT2D eigenvalue weighted by Crippen LogP contribution is -2.27. The van der Waals surface area contributed by atoms with Gasteiger partial charge in [0.05, 0.1) is 19.6 Å². The van der Waals surface area contributed by atoms with Crippen LogP contribution in [0.2, 0.25) is 0 Å². The van der Waals surface area contributed by atoms with Crippen molar-refractivity contribution < 1.29 is 18.7 Å². The molecule has 1 fully saturated rings. The molecular formula is C22H21FN2O3S. The topological polar surface area (TPSA) is 60.5 Å². The highest BCUT2D eigenvalue weighted by Crippen LogP contribution is 2.49. The second kappa shape index (κ2) is 7.83. The number of nitrogens with zero attached hydrogens (tertiary/aromatic N) is 1. The number of rotatable bonds is 7. The molecule has 0 unspecified atom stereocenters. The number of aromatic nitrogens is 1. The average molecular weight is 412 g/mol. The Morgan fingerprint density at radius 1 is 1.17 bits per heavy atom. The summed E-state index contributed by atoms with van der Waals surface area (Å²) in [4.78, 5) is 18.1. The Hall–Kier alpha value is -2.93. The van der Waals surface area contributed by atoms with Crippen LogP contribution in [0.4, 0.5) is 9.52 Å². The minimum Gasteiger partial charge on any atom is -0.497 e. The van der Waals surface area contributed by atoms with Crippen molar-refractivity contribution in [2.24, 2.45) is 0 Å². The van der Waals surface area contributed by atoms with Crippen LogP contribution in [0.5, 0.6) is 11.5 Å². The molecule has 7 heteroatoms. The molecule has 1 aromatic heterocycles. The zero-order chi connectivity index (χ0) is 20.4. The molecule has 150 valence electrons. The summed E-state index contributed by atoms with van der Waals surface area (Å²) < 4.78 is 24.6. The molecule has 1 amide bonds. The van der Waals surface area contributed by atoms with Crippen molar-refractivity contribution >= 4 is 22.4 Å². The Morgan fingerprint density at radius 2 is 1.93 bits per heavy atom. The number of thiazole rings is 1. The standard InChI is InChI=1S/C22H21FN2O3S/c1-27-15-8-6-14(7-9-15)22(10-11-22)20(26)25-21-24-13-16(29-21)12-17-18(23)4-3-5-19(17)28-2/h3-9,13H,10-12H2,1-2H3,(H,24,25,26). The summed E-state index contributed by atoms with van der Waals surface area (Å²) in [5.41, 5.74) is 0.949. The molecule has 1 N–H and O–H groups in total. The Bertz CT molecular complexity index is 1030. The van der Waals surface area contributed by atoms with Crippen LogP contribution in [0, 0.1) is 5.82 Å². The largest absolute Gasteiger partial charge is 0.497 e. The third-order valence-electron chi connectivity index (χ3n) is 5.25. The molecule has 0 radical (unpaired) electrons. The molecule has 1 aliphatic carbocycles. The summed E-state index contributed by atoms with van der Waals surface area (Å²) in [6.45, 7) is 0. The van der Waals surface area contributed by atoms with Crippen LogP contribution in [0.15, 0.2) is 48.7 Å². The lowest BCUT2D eigenvalue weighted by atomic mass is 9.95. The number of nitrogens with one attached hydrogen (secondary N) is 1. The summed E-state index contributed by atoms with van der Waals surface area (Å²) in [6.07, 6.45) is 3.62. The Kier molecular flexibility index (Phi) is 5.24. The molecule has 0 saturated heterocycles. The van der Waals surface area contributed by atoms with Crippen molar-refractivity contribution in [1.29, 1.82) is 0 Å². The predicted molar refractivity (Wildman–Crippen MR) is 110 cm³/mol. The van der Waals surface area contributed by atoms with Crippen LogP contribution in [0.1, 0.15) is 28.8 Å². The first kappa shape index (κ1) is 19.4. The van der Waals surface area contributed by atoms with Crippen molar-refractivity contribution in [1.82, 2.24) is 4.98 Å². The maximum absolute atomic E-state index is 14.2. The third kappa shape index (κ3) is 3.82. The van der Waals surface area contributed by atoms with E-state index in [0.29, 0.717) is 22.9 Å². The van der Waals surface area contributed by atoms with Crippen LogP contribution >= 0.6 is 11.3 Å². The molecule has 1 saturated carbocycles. The molecule has 0 atom stereocenters. The molecule has 4 rings (SSSR count). The average Bonchev–Trinajstić information content (AvgIpc) is 3.45. The number of carbonyl (C=O) groups is 1. The summed E-state index contributed by atoms with van der Waals surface area (Å²) in [5, 5.41) is 3.45. The van der Waals surface area contributed by atoms with Gasteiger partial charge in [0.25, 0.3) is 0 Å². The molecule has 29 heavy (non-hydrogen) atoms. The zero-order valence-electron chi connectivity index (χ0n) is 16.2. The molecule has 1 aliphatic rings. The molecule has 0 aliphatic heterocycles. The van der Waals surface area contributed by atoms with E-state index in [1.54, 1.807) is 25.4 Å². The normalized spacial score (nSPS) is 14.3. The summed E-state index contributed by atoms with van der Waals surface area (Å²) in [5.74, 6) is 0.880. The van der Waals surface area contributed by atoms with Crippen molar-refractivity contribution in [3.8, 4) is 11.5 Å². The fourth-order valence-corrected chi connectivity index (χ4v) is 4.24. The third-order valence-corrected chi connectivity index (χ3v) is 6.16. The van der Waals surface area contributed by atoms with Gasteiger partial charge in [-0.3, -0.25) is 4.79 Å². The van der Waals surface area contributed by atoms with E-state index in [0.717, 1.165) is 29.0 Å². The van der Waals surface area contributed by atoms with E-state index >= 15 is 0 Å². The number of anilines is 1. The molecule has 0 bridgehead atoms.